The Morgan fingerprint density at radius 1 is 1.14 bits per heavy atom. The summed E-state index contributed by atoms with van der Waals surface area (Å²) >= 11 is 0. The van der Waals surface area contributed by atoms with Crippen LogP contribution in [0.2, 0.25) is 0 Å². The van der Waals surface area contributed by atoms with E-state index in [1.807, 2.05) is 6.92 Å². The van der Waals surface area contributed by atoms with Gasteiger partial charge in [-0.05, 0) is 36.5 Å². The molecule has 4 fully saturated rings. The van der Waals surface area contributed by atoms with Gasteiger partial charge in [0.15, 0.2) is 5.82 Å². The SMILES string of the molecule is Cc1nnc2n1CCN(c1ccc(C34CNC5C3C54)cc1)C2. The Morgan fingerprint density at radius 2 is 1.95 bits per heavy atom. The number of benzene rings is 1. The second-order valence-corrected chi connectivity index (χ2v) is 7.28. The van der Waals surface area contributed by atoms with Gasteiger partial charge >= 0.3 is 0 Å². The Labute approximate surface area is 129 Å². The summed E-state index contributed by atoms with van der Waals surface area (Å²) in [5.41, 5.74) is 3.37. The molecule has 5 nitrogen and oxygen atoms in total. The number of rotatable bonds is 2. The molecule has 2 aliphatic carbocycles. The first-order valence-electron chi connectivity index (χ1n) is 8.26. The Kier molecular flexibility index (Phi) is 1.87. The standard InChI is InChI=1S/C17H19N5/c1-10-19-20-13-8-21(6-7-22(10)13)12-4-2-11(3-5-12)17-9-18-16-14(17)15(16)17/h2-5,14-16,18H,6-9H2,1H3. The molecule has 4 heterocycles. The normalized spacial score (nSPS) is 37.0. The molecule has 0 amide bonds. The van der Waals surface area contributed by atoms with Crippen molar-refractivity contribution in [3.8, 4) is 0 Å². The first kappa shape index (κ1) is 11.7. The van der Waals surface area contributed by atoms with Gasteiger partial charge in [0.2, 0.25) is 0 Å². The largest absolute Gasteiger partial charge is 0.362 e. The van der Waals surface area contributed by atoms with E-state index in [4.69, 9.17) is 0 Å². The van der Waals surface area contributed by atoms with E-state index in [0.717, 1.165) is 49.2 Å². The van der Waals surface area contributed by atoms with Gasteiger partial charge in [-0.1, -0.05) is 12.1 Å². The zero-order valence-electron chi connectivity index (χ0n) is 12.7. The van der Waals surface area contributed by atoms with Gasteiger partial charge in [0.05, 0.1) is 6.54 Å². The fourth-order valence-corrected chi connectivity index (χ4v) is 5.10. The van der Waals surface area contributed by atoms with Gasteiger partial charge in [0.1, 0.15) is 5.82 Å². The number of hydrogen-bond donors (Lipinski definition) is 1. The highest BCUT2D eigenvalue weighted by molar-refractivity contribution is 5.57. The molecule has 2 bridgehead atoms. The number of anilines is 1. The van der Waals surface area contributed by atoms with Crippen molar-refractivity contribution < 1.29 is 0 Å². The molecule has 1 aromatic heterocycles. The van der Waals surface area contributed by atoms with E-state index in [1.54, 1.807) is 5.56 Å². The number of nitrogens with zero attached hydrogens (tertiary/aromatic N) is 4. The molecule has 7 rings (SSSR count). The molecule has 2 saturated heterocycles. The highest BCUT2D eigenvalue weighted by Gasteiger charge is 2.87. The highest BCUT2D eigenvalue weighted by atomic mass is 15.3. The third kappa shape index (κ3) is 1.21. The Morgan fingerprint density at radius 3 is 2.68 bits per heavy atom. The molecule has 2 atom stereocenters. The molecule has 2 saturated carbocycles. The molecule has 5 aliphatic rings. The number of hydrogen-bond acceptors (Lipinski definition) is 4. The van der Waals surface area contributed by atoms with Crippen LogP contribution in [-0.2, 0) is 18.5 Å². The van der Waals surface area contributed by atoms with E-state index in [9.17, 15) is 0 Å². The molecule has 2 aromatic rings. The molecule has 112 valence electrons. The summed E-state index contributed by atoms with van der Waals surface area (Å²) in [6.07, 6.45) is 0. The fourth-order valence-electron chi connectivity index (χ4n) is 5.10. The van der Waals surface area contributed by atoms with E-state index in [1.165, 1.54) is 12.2 Å². The summed E-state index contributed by atoms with van der Waals surface area (Å²) in [5.74, 6) is 4.02. The van der Waals surface area contributed by atoms with Crippen molar-refractivity contribution in [1.29, 1.82) is 0 Å². The second kappa shape index (κ2) is 3.54. The minimum absolute atomic E-state index is 0.516. The summed E-state index contributed by atoms with van der Waals surface area (Å²) in [6, 6.07) is 10.2. The van der Waals surface area contributed by atoms with E-state index in [0.29, 0.717) is 5.41 Å². The molecule has 1 aromatic carbocycles. The fraction of sp³-hybridized carbons (Fsp3) is 0.529. The van der Waals surface area contributed by atoms with Crippen LogP contribution < -0.4 is 10.2 Å². The first-order valence-corrected chi connectivity index (χ1v) is 8.26. The van der Waals surface area contributed by atoms with Crippen LogP contribution in [0.4, 0.5) is 5.69 Å². The number of aryl methyl sites for hydroxylation is 1. The van der Waals surface area contributed by atoms with Crippen LogP contribution in [0.15, 0.2) is 24.3 Å². The van der Waals surface area contributed by atoms with Crippen molar-refractivity contribution in [2.45, 2.75) is 31.5 Å². The van der Waals surface area contributed by atoms with E-state index < -0.39 is 0 Å². The second-order valence-electron chi connectivity index (χ2n) is 7.28. The quantitative estimate of drug-likeness (QED) is 0.900. The molecule has 1 N–H and O–H groups in total. The van der Waals surface area contributed by atoms with Crippen LogP contribution in [0.1, 0.15) is 17.2 Å². The smallest absolute Gasteiger partial charge is 0.152 e. The molecule has 5 heteroatoms. The van der Waals surface area contributed by atoms with Crippen molar-refractivity contribution in [1.82, 2.24) is 20.1 Å². The average molecular weight is 293 g/mol. The topological polar surface area (TPSA) is 46.0 Å². The van der Waals surface area contributed by atoms with Crippen LogP contribution >= 0.6 is 0 Å². The van der Waals surface area contributed by atoms with Gasteiger partial charge in [-0.2, -0.15) is 0 Å². The third-order valence-corrected chi connectivity index (χ3v) is 6.44. The predicted molar refractivity (Wildman–Crippen MR) is 82.7 cm³/mol. The summed E-state index contributed by atoms with van der Waals surface area (Å²) in [4.78, 5) is 2.41. The van der Waals surface area contributed by atoms with Crippen LogP contribution in [0, 0.1) is 18.8 Å². The van der Waals surface area contributed by atoms with Gasteiger partial charge in [-0.25, -0.2) is 0 Å². The molecule has 0 spiro atoms. The lowest BCUT2D eigenvalue weighted by Crippen LogP contribution is -2.34. The van der Waals surface area contributed by atoms with Crippen molar-refractivity contribution in [3.05, 3.63) is 41.5 Å². The monoisotopic (exact) mass is 293 g/mol. The zero-order valence-corrected chi connectivity index (χ0v) is 12.7. The lowest BCUT2D eigenvalue weighted by atomic mass is 9.88. The Balaban J connectivity index is 1.27. The average Bonchev–Trinajstić information content (AvgIpc) is 3.26. The van der Waals surface area contributed by atoms with Crippen LogP contribution in [0.5, 0.6) is 0 Å². The minimum atomic E-state index is 0.516. The van der Waals surface area contributed by atoms with Crippen LogP contribution in [0.25, 0.3) is 0 Å². The van der Waals surface area contributed by atoms with Gasteiger partial charge in [0, 0.05) is 36.8 Å². The molecule has 2 unspecified atom stereocenters. The van der Waals surface area contributed by atoms with Gasteiger partial charge in [0.25, 0.3) is 0 Å². The number of fused-ring (bicyclic) bond motifs is 2. The lowest BCUT2D eigenvalue weighted by Gasteiger charge is -2.30. The maximum atomic E-state index is 4.30. The summed E-state index contributed by atoms with van der Waals surface area (Å²) < 4.78 is 2.23. The Hall–Kier alpha value is -1.88. The highest BCUT2D eigenvalue weighted by Crippen LogP contribution is 2.80. The van der Waals surface area contributed by atoms with Gasteiger partial charge < -0.3 is 14.8 Å². The lowest BCUT2D eigenvalue weighted by molar-refractivity contribution is 0.550. The van der Waals surface area contributed by atoms with Gasteiger partial charge in [-0.15, -0.1) is 10.2 Å². The van der Waals surface area contributed by atoms with Gasteiger partial charge in [-0.3, -0.25) is 0 Å². The number of nitrogens with one attached hydrogen (secondary N) is 1. The van der Waals surface area contributed by atoms with Crippen molar-refractivity contribution in [2.24, 2.45) is 11.8 Å². The Bertz CT molecular complexity index is 767. The molecule has 0 radical (unpaired) electrons. The van der Waals surface area contributed by atoms with E-state index in [2.05, 4.69) is 49.2 Å². The van der Waals surface area contributed by atoms with Crippen molar-refractivity contribution >= 4 is 5.69 Å². The third-order valence-electron chi connectivity index (χ3n) is 6.44. The zero-order chi connectivity index (χ0) is 14.5. The van der Waals surface area contributed by atoms with Crippen molar-refractivity contribution in [2.75, 3.05) is 18.0 Å². The summed E-state index contributed by atoms with van der Waals surface area (Å²) in [7, 11) is 0. The van der Waals surface area contributed by atoms with Crippen LogP contribution in [0.3, 0.4) is 0 Å². The molecule has 22 heavy (non-hydrogen) atoms. The number of piperidine rings is 1. The first-order chi connectivity index (χ1) is 10.8. The van der Waals surface area contributed by atoms with Crippen molar-refractivity contribution in [3.63, 3.8) is 0 Å². The van der Waals surface area contributed by atoms with Crippen LogP contribution in [-0.4, -0.2) is 33.9 Å². The van der Waals surface area contributed by atoms with E-state index >= 15 is 0 Å². The summed E-state index contributed by atoms with van der Waals surface area (Å²) in [5, 5.41) is 12.1. The summed E-state index contributed by atoms with van der Waals surface area (Å²) in [6.45, 7) is 6.10. The maximum Gasteiger partial charge on any atom is 0.152 e. The van der Waals surface area contributed by atoms with E-state index in [-0.39, 0.29) is 0 Å². The molecular weight excluding hydrogens is 274 g/mol. The molecule has 3 aliphatic heterocycles. The number of aromatic nitrogens is 3. The maximum absolute atomic E-state index is 4.30. The predicted octanol–water partition coefficient (Wildman–Crippen LogP) is 1.08. The molecular formula is C17H19N5. The minimum Gasteiger partial charge on any atom is -0.362 e.